The summed E-state index contributed by atoms with van der Waals surface area (Å²) >= 11 is 6.39. The standard InChI is InChI=1S/C20H20ClNO2/c1-3-24-20-11-15(17(21)12-19(20)23-2)13-22-18-10-6-8-14-7-4-5-9-16(14)18/h4-12,22H,3,13H2,1-2H3. The number of fused-ring (bicyclic) bond motifs is 1. The maximum Gasteiger partial charge on any atom is 0.162 e. The highest BCUT2D eigenvalue weighted by Crippen LogP contribution is 2.34. The minimum atomic E-state index is 0.578. The summed E-state index contributed by atoms with van der Waals surface area (Å²) in [7, 11) is 1.61. The van der Waals surface area contributed by atoms with Crippen LogP contribution >= 0.6 is 11.6 Å². The van der Waals surface area contributed by atoms with Crippen LogP contribution in [0.5, 0.6) is 11.5 Å². The molecule has 0 aliphatic heterocycles. The number of halogens is 1. The molecule has 3 aromatic rings. The zero-order valence-electron chi connectivity index (χ0n) is 13.8. The highest BCUT2D eigenvalue weighted by atomic mass is 35.5. The zero-order chi connectivity index (χ0) is 16.9. The molecule has 124 valence electrons. The van der Waals surface area contributed by atoms with Gasteiger partial charge in [-0.2, -0.15) is 0 Å². The third kappa shape index (κ3) is 3.41. The first-order valence-corrected chi connectivity index (χ1v) is 8.31. The van der Waals surface area contributed by atoms with Crippen LogP contribution in [0, 0.1) is 0 Å². The molecule has 3 aromatic carbocycles. The van der Waals surface area contributed by atoms with Crippen molar-refractivity contribution in [3.05, 3.63) is 65.2 Å². The van der Waals surface area contributed by atoms with Crippen LogP contribution in [0.2, 0.25) is 5.02 Å². The largest absolute Gasteiger partial charge is 0.493 e. The Hall–Kier alpha value is -2.39. The Balaban J connectivity index is 1.87. The molecule has 1 N–H and O–H groups in total. The van der Waals surface area contributed by atoms with Gasteiger partial charge in [-0.05, 0) is 30.0 Å². The second-order valence-electron chi connectivity index (χ2n) is 5.41. The smallest absolute Gasteiger partial charge is 0.162 e. The Morgan fingerprint density at radius 2 is 1.79 bits per heavy atom. The summed E-state index contributed by atoms with van der Waals surface area (Å²) in [6.07, 6.45) is 0. The van der Waals surface area contributed by atoms with Crippen LogP contribution in [0.3, 0.4) is 0 Å². The van der Waals surface area contributed by atoms with E-state index in [1.54, 1.807) is 13.2 Å². The molecule has 0 unspecified atom stereocenters. The van der Waals surface area contributed by atoms with Gasteiger partial charge in [0.05, 0.1) is 13.7 Å². The van der Waals surface area contributed by atoms with Crippen LogP contribution in [0.1, 0.15) is 12.5 Å². The van der Waals surface area contributed by atoms with Crippen molar-refractivity contribution < 1.29 is 9.47 Å². The van der Waals surface area contributed by atoms with Crippen molar-refractivity contribution in [3.63, 3.8) is 0 Å². The highest BCUT2D eigenvalue weighted by molar-refractivity contribution is 6.31. The first-order valence-electron chi connectivity index (χ1n) is 7.93. The van der Waals surface area contributed by atoms with Gasteiger partial charge < -0.3 is 14.8 Å². The van der Waals surface area contributed by atoms with E-state index >= 15 is 0 Å². The number of nitrogens with one attached hydrogen (secondary N) is 1. The molecule has 3 rings (SSSR count). The molecule has 3 nitrogen and oxygen atoms in total. The van der Waals surface area contributed by atoms with Gasteiger partial charge in [-0.15, -0.1) is 0 Å². The molecule has 0 atom stereocenters. The summed E-state index contributed by atoms with van der Waals surface area (Å²) in [5.74, 6) is 1.36. The summed E-state index contributed by atoms with van der Waals surface area (Å²) in [5, 5.41) is 6.52. The molecule has 0 aliphatic rings. The van der Waals surface area contributed by atoms with Gasteiger partial charge in [0.25, 0.3) is 0 Å². The van der Waals surface area contributed by atoms with Crippen LogP contribution in [0.4, 0.5) is 5.69 Å². The van der Waals surface area contributed by atoms with Crippen LogP contribution in [0.25, 0.3) is 10.8 Å². The number of benzene rings is 3. The molecular weight excluding hydrogens is 322 g/mol. The van der Waals surface area contributed by atoms with Gasteiger partial charge in [0.2, 0.25) is 0 Å². The summed E-state index contributed by atoms with van der Waals surface area (Å²) < 4.78 is 11.0. The first kappa shape index (κ1) is 16.5. The van der Waals surface area contributed by atoms with E-state index in [0.29, 0.717) is 29.7 Å². The SMILES string of the molecule is CCOc1cc(CNc2cccc3ccccc23)c(Cl)cc1OC. The van der Waals surface area contributed by atoms with E-state index in [1.807, 2.05) is 31.2 Å². The highest BCUT2D eigenvalue weighted by Gasteiger charge is 2.10. The first-order chi connectivity index (χ1) is 11.7. The molecule has 0 spiro atoms. The predicted octanol–water partition coefficient (Wildman–Crippen LogP) is 5.51. The van der Waals surface area contributed by atoms with Gasteiger partial charge in [0, 0.05) is 28.7 Å². The van der Waals surface area contributed by atoms with E-state index in [4.69, 9.17) is 21.1 Å². The topological polar surface area (TPSA) is 30.5 Å². The van der Waals surface area contributed by atoms with E-state index in [1.165, 1.54) is 10.8 Å². The van der Waals surface area contributed by atoms with Gasteiger partial charge in [-0.3, -0.25) is 0 Å². The summed E-state index contributed by atoms with van der Waals surface area (Å²) in [6.45, 7) is 3.13. The second kappa shape index (κ2) is 7.45. The number of methoxy groups -OCH3 is 1. The molecule has 0 saturated carbocycles. The predicted molar refractivity (Wildman–Crippen MR) is 100 cm³/mol. The normalized spacial score (nSPS) is 10.6. The third-order valence-corrected chi connectivity index (χ3v) is 4.24. The number of anilines is 1. The van der Waals surface area contributed by atoms with Gasteiger partial charge >= 0.3 is 0 Å². The lowest BCUT2D eigenvalue weighted by Crippen LogP contribution is -2.03. The summed E-state index contributed by atoms with van der Waals surface area (Å²) in [6, 6.07) is 18.3. The lowest BCUT2D eigenvalue weighted by Gasteiger charge is -2.15. The molecule has 0 fully saturated rings. The maximum absolute atomic E-state index is 6.39. The summed E-state index contributed by atoms with van der Waals surface area (Å²) in [5.41, 5.74) is 2.05. The molecule has 4 heteroatoms. The molecule has 0 saturated heterocycles. The van der Waals surface area contributed by atoms with E-state index in [0.717, 1.165) is 11.3 Å². The molecule has 0 bridgehead atoms. The van der Waals surface area contributed by atoms with Crippen LogP contribution < -0.4 is 14.8 Å². The number of ether oxygens (including phenoxy) is 2. The third-order valence-electron chi connectivity index (χ3n) is 3.89. The fourth-order valence-corrected chi connectivity index (χ4v) is 2.93. The Morgan fingerprint density at radius 3 is 2.58 bits per heavy atom. The van der Waals surface area contributed by atoms with Crippen molar-refractivity contribution >= 4 is 28.1 Å². The monoisotopic (exact) mass is 341 g/mol. The number of hydrogen-bond donors (Lipinski definition) is 1. The fourth-order valence-electron chi connectivity index (χ4n) is 2.71. The quantitative estimate of drug-likeness (QED) is 0.641. The van der Waals surface area contributed by atoms with Crippen molar-refractivity contribution in [1.82, 2.24) is 0 Å². The van der Waals surface area contributed by atoms with E-state index in [2.05, 4.69) is 29.6 Å². The van der Waals surface area contributed by atoms with Crippen molar-refractivity contribution in [3.8, 4) is 11.5 Å². The molecule has 0 aliphatic carbocycles. The average Bonchev–Trinajstić information content (AvgIpc) is 2.62. The summed E-state index contributed by atoms with van der Waals surface area (Å²) in [4.78, 5) is 0. The number of hydrogen-bond acceptors (Lipinski definition) is 3. The number of rotatable bonds is 6. The minimum absolute atomic E-state index is 0.578. The molecule has 0 radical (unpaired) electrons. The van der Waals surface area contributed by atoms with Crippen molar-refractivity contribution in [2.24, 2.45) is 0 Å². The fraction of sp³-hybridized carbons (Fsp3) is 0.200. The van der Waals surface area contributed by atoms with Crippen LogP contribution in [-0.2, 0) is 6.54 Å². The maximum atomic E-state index is 6.39. The Kier molecular flexibility index (Phi) is 5.11. The van der Waals surface area contributed by atoms with Crippen molar-refractivity contribution in [1.29, 1.82) is 0 Å². The van der Waals surface area contributed by atoms with Crippen LogP contribution in [0.15, 0.2) is 54.6 Å². The zero-order valence-corrected chi connectivity index (χ0v) is 14.6. The van der Waals surface area contributed by atoms with Gasteiger partial charge in [0.1, 0.15) is 0 Å². The lowest BCUT2D eigenvalue weighted by atomic mass is 10.1. The van der Waals surface area contributed by atoms with Gasteiger partial charge in [-0.1, -0.05) is 48.0 Å². The average molecular weight is 342 g/mol. The van der Waals surface area contributed by atoms with E-state index in [9.17, 15) is 0 Å². The van der Waals surface area contributed by atoms with E-state index < -0.39 is 0 Å². The van der Waals surface area contributed by atoms with Crippen LogP contribution in [-0.4, -0.2) is 13.7 Å². The molecule has 24 heavy (non-hydrogen) atoms. The van der Waals surface area contributed by atoms with Crippen molar-refractivity contribution in [2.45, 2.75) is 13.5 Å². The molecule has 0 aromatic heterocycles. The van der Waals surface area contributed by atoms with Gasteiger partial charge in [-0.25, -0.2) is 0 Å². The molecular formula is C20H20ClNO2. The van der Waals surface area contributed by atoms with Crippen molar-refractivity contribution in [2.75, 3.05) is 19.0 Å². The Bertz CT molecular complexity index is 843. The Labute approximate surface area is 147 Å². The molecule has 0 heterocycles. The van der Waals surface area contributed by atoms with E-state index in [-0.39, 0.29) is 0 Å². The van der Waals surface area contributed by atoms with Gasteiger partial charge in [0.15, 0.2) is 11.5 Å². The minimum Gasteiger partial charge on any atom is -0.493 e. The lowest BCUT2D eigenvalue weighted by molar-refractivity contribution is 0.310. The Morgan fingerprint density at radius 1 is 1.00 bits per heavy atom. The molecule has 0 amide bonds. The second-order valence-corrected chi connectivity index (χ2v) is 5.81.